The quantitative estimate of drug-likeness (QED) is 0.460. The van der Waals surface area contributed by atoms with Crippen LogP contribution in [0.15, 0.2) is 72.4 Å². The third-order valence-corrected chi connectivity index (χ3v) is 4.57. The molecule has 0 aromatic heterocycles. The zero-order valence-electron chi connectivity index (χ0n) is 13.8. The molecule has 0 N–H and O–H groups in total. The second-order valence-corrected chi connectivity index (χ2v) is 6.51. The Kier molecular flexibility index (Phi) is 7.07. The van der Waals surface area contributed by atoms with Crippen LogP contribution in [0.3, 0.4) is 0 Å². The highest BCUT2D eigenvalue weighted by Gasteiger charge is 2.24. The molecule has 0 saturated carbocycles. The van der Waals surface area contributed by atoms with Crippen molar-refractivity contribution < 1.29 is 23.1 Å². The van der Waals surface area contributed by atoms with Crippen molar-refractivity contribution >= 4 is 7.60 Å². The Balaban J connectivity index is 2.29. The number of rotatable bonds is 9. The predicted octanol–water partition coefficient (Wildman–Crippen LogP) is 5.21. The molecular weight excluding hydrogens is 327 g/mol. The zero-order chi connectivity index (χ0) is 17.3. The molecular formula is C18H21O5P. The van der Waals surface area contributed by atoms with E-state index in [0.717, 1.165) is 0 Å². The van der Waals surface area contributed by atoms with Gasteiger partial charge in [0.05, 0.1) is 13.2 Å². The van der Waals surface area contributed by atoms with Gasteiger partial charge in [0.15, 0.2) is 0 Å². The van der Waals surface area contributed by atoms with Crippen LogP contribution in [0.25, 0.3) is 0 Å². The first kappa shape index (κ1) is 18.3. The van der Waals surface area contributed by atoms with Crippen molar-refractivity contribution in [2.45, 2.75) is 13.8 Å². The largest absolute Gasteiger partial charge is 0.426 e. The summed E-state index contributed by atoms with van der Waals surface area (Å²) in [5, 5.41) is 0. The van der Waals surface area contributed by atoms with Crippen LogP contribution < -0.4 is 9.47 Å². The van der Waals surface area contributed by atoms with Crippen molar-refractivity contribution in [1.82, 2.24) is 0 Å². The van der Waals surface area contributed by atoms with E-state index in [4.69, 9.17) is 18.5 Å². The molecule has 0 spiro atoms. The van der Waals surface area contributed by atoms with Crippen molar-refractivity contribution in [3.8, 4) is 11.5 Å². The summed E-state index contributed by atoms with van der Waals surface area (Å²) in [6.07, 6.45) is 0. The molecule has 2 aromatic carbocycles. The van der Waals surface area contributed by atoms with E-state index in [1.165, 1.54) is 5.82 Å². The molecule has 0 bridgehead atoms. The lowest BCUT2D eigenvalue weighted by atomic mass is 10.3. The number of para-hydroxylation sites is 2. The van der Waals surface area contributed by atoms with Gasteiger partial charge in [-0.25, -0.2) is 0 Å². The number of hydrogen-bond acceptors (Lipinski definition) is 5. The minimum absolute atomic E-state index is 0.0395. The molecule has 0 unspecified atom stereocenters. The lowest BCUT2D eigenvalue weighted by Crippen LogP contribution is -2.05. The van der Waals surface area contributed by atoms with Gasteiger partial charge in [-0.2, -0.15) is 0 Å². The summed E-state index contributed by atoms with van der Waals surface area (Å²) in [7, 11) is -3.46. The zero-order valence-corrected chi connectivity index (χ0v) is 14.6. The van der Waals surface area contributed by atoms with Crippen LogP contribution in [-0.2, 0) is 13.6 Å². The molecule has 5 nitrogen and oxygen atoms in total. The standard InChI is InChI=1S/C18H21O5P/c1-3-20-24(19,21-4-2)15-18(22-16-11-7-5-8-12-16)23-17-13-9-6-10-14-17/h5-15H,3-4H2,1-2H3. The molecule has 128 valence electrons. The number of ether oxygens (including phenoxy) is 2. The van der Waals surface area contributed by atoms with Gasteiger partial charge in [-0.3, -0.25) is 4.57 Å². The van der Waals surface area contributed by atoms with Crippen molar-refractivity contribution in [1.29, 1.82) is 0 Å². The minimum Gasteiger partial charge on any atom is -0.426 e. The van der Waals surface area contributed by atoms with E-state index >= 15 is 0 Å². The van der Waals surface area contributed by atoms with Crippen LogP contribution in [0.1, 0.15) is 13.8 Å². The molecule has 6 heteroatoms. The summed E-state index contributed by atoms with van der Waals surface area (Å²) in [6.45, 7) is 3.99. The van der Waals surface area contributed by atoms with Crippen molar-refractivity contribution in [2.75, 3.05) is 13.2 Å². The Morgan fingerprint density at radius 2 is 1.25 bits per heavy atom. The second-order valence-electron chi connectivity index (χ2n) is 4.65. The van der Waals surface area contributed by atoms with E-state index in [1.54, 1.807) is 38.1 Å². The van der Waals surface area contributed by atoms with Gasteiger partial charge in [0.2, 0.25) is 0 Å². The molecule has 0 fully saturated rings. The molecule has 0 radical (unpaired) electrons. The first-order valence-corrected chi connectivity index (χ1v) is 9.34. The molecule has 24 heavy (non-hydrogen) atoms. The highest BCUT2D eigenvalue weighted by Crippen LogP contribution is 2.50. The van der Waals surface area contributed by atoms with Gasteiger partial charge in [0, 0.05) is 0 Å². The van der Waals surface area contributed by atoms with Crippen LogP contribution in [0.4, 0.5) is 0 Å². The van der Waals surface area contributed by atoms with Gasteiger partial charge in [0.1, 0.15) is 17.3 Å². The summed E-state index contributed by atoms with van der Waals surface area (Å²) < 4.78 is 34.7. The van der Waals surface area contributed by atoms with Crippen LogP contribution in [0.2, 0.25) is 0 Å². The van der Waals surface area contributed by atoms with Crippen molar-refractivity contribution in [3.63, 3.8) is 0 Å². The van der Waals surface area contributed by atoms with Crippen LogP contribution in [0, 0.1) is 0 Å². The summed E-state index contributed by atoms with van der Waals surface area (Å²) in [5.74, 6) is 2.41. The van der Waals surface area contributed by atoms with Gasteiger partial charge in [-0.15, -0.1) is 0 Å². The van der Waals surface area contributed by atoms with E-state index in [2.05, 4.69) is 0 Å². The average molecular weight is 348 g/mol. The summed E-state index contributed by atoms with van der Waals surface area (Å²) >= 11 is 0. The Morgan fingerprint density at radius 1 is 0.833 bits per heavy atom. The Morgan fingerprint density at radius 3 is 1.62 bits per heavy atom. The van der Waals surface area contributed by atoms with Crippen molar-refractivity contribution in [3.05, 3.63) is 72.4 Å². The van der Waals surface area contributed by atoms with E-state index in [1.807, 2.05) is 36.4 Å². The highest BCUT2D eigenvalue weighted by molar-refractivity contribution is 7.57. The molecule has 0 saturated heterocycles. The maximum Gasteiger partial charge on any atom is 0.361 e. The Bertz CT molecular complexity index is 632. The van der Waals surface area contributed by atoms with Crippen LogP contribution in [-0.4, -0.2) is 13.2 Å². The first-order valence-electron chi connectivity index (χ1n) is 7.72. The highest BCUT2D eigenvalue weighted by atomic mass is 31.2. The fraction of sp³-hybridized carbons (Fsp3) is 0.222. The SMILES string of the molecule is CCOP(=O)(C=C(Oc1ccccc1)Oc1ccccc1)OCC. The summed E-state index contributed by atoms with van der Waals surface area (Å²) in [4.78, 5) is 0. The third kappa shape index (κ3) is 5.85. The second kappa shape index (κ2) is 9.28. The first-order chi connectivity index (χ1) is 11.6. The fourth-order valence-corrected chi connectivity index (χ4v) is 3.19. The monoisotopic (exact) mass is 348 g/mol. The van der Waals surface area contributed by atoms with Gasteiger partial charge in [0.25, 0.3) is 5.95 Å². The van der Waals surface area contributed by atoms with E-state index in [-0.39, 0.29) is 19.2 Å². The smallest absolute Gasteiger partial charge is 0.361 e. The number of benzene rings is 2. The lowest BCUT2D eigenvalue weighted by Gasteiger charge is -2.16. The fourth-order valence-electron chi connectivity index (χ4n) is 1.88. The van der Waals surface area contributed by atoms with Crippen LogP contribution in [0.5, 0.6) is 11.5 Å². The van der Waals surface area contributed by atoms with Gasteiger partial charge in [-0.05, 0) is 38.1 Å². The molecule has 0 heterocycles. The molecule has 0 atom stereocenters. The minimum atomic E-state index is -3.46. The lowest BCUT2D eigenvalue weighted by molar-refractivity contribution is 0.211. The van der Waals surface area contributed by atoms with Gasteiger partial charge < -0.3 is 18.5 Å². The molecule has 0 aliphatic heterocycles. The van der Waals surface area contributed by atoms with Gasteiger partial charge >= 0.3 is 7.60 Å². The third-order valence-electron chi connectivity index (χ3n) is 2.80. The molecule has 0 amide bonds. The van der Waals surface area contributed by atoms with Crippen molar-refractivity contribution in [2.24, 2.45) is 0 Å². The Labute approximate surface area is 142 Å². The maximum atomic E-state index is 12.7. The maximum absolute atomic E-state index is 12.7. The summed E-state index contributed by atoms with van der Waals surface area (Å²) in [6, 6.07) is 18.2. The topological polar surface area (TPSA) is 54.0 Å². The van der Waals surface area contributed by atoms with E-state index < -0.39 is 7.60 Å². The van der Waals surface area contributed by atoms with Crippen LogP contribution >= 0.6 is 7.60 Å². The molecule has 0 aliphatic rings. The summed E-state index contributed by atoms with van der Waals surface area (Å²) in [5.41, 5.74) is 0. The van der Waals surface area contributed by atoms with E-state index in [0.29, 0.717) is 11.5 Å². The molecule has 2 rings (SSSR count). The Hall–Kier alpha value is -2.07. The normalized spacial score (nSPS) is 10.9. The van der Waals surface area contributed by atoms with E-state index in [9.17, 15) is 4.57 Å². The average Bonchev–Trinajstić information content (AvgIpc) is 2.57. The molecule has 2 aromatic rings. The molecule has 0 aliphatic carbocycles. The number of hydrogen-bond donors (Lipinski definition) is 0. The van der Waals surface area contributed by atoms with Gasteiger partial charge in [-0.1, -0.05) is 36.4 Å². The predicted molar refractivity (Wildman–Crippen MR) is 93.1 cm³/mol.